The summed E-state index contributed by atoms with van der Waals surface area (Å²) in [6, 6.07) is 5.39. The zero-order valence-corrected chi connectivity index (χ0v) is 10.6. The molecule has 0 bridgehead atoms. The van der Waals surface area contributed by atoms with Crippen LogP contribution in [-0.2, 0) is 0 Å². The Labute approximate surface area is 101 Å². The van der Waals surface area contributed by atoms with Gasteiger partial charge in [-0.2, -0.15) is 0 Å². The van der Waals surface area contributed by atoms with Crippen LogP contribution in [-0.4, -0.2) is 23.3 Å². The highest BCUT2D eigenvalue weighted by molar-refractivity contribution is 6.18. The summed E-state index contributed by atoms with van der Waals surface area (Å²) in [5.41, 5.74) is 1.19. The molecule has 1 aromatic heterocycles. The molecule has 1 N–H and O–H groups in total. The molecule has 4 heteroatoms. The van der Waals surface area contributed by atoms with Crippen molar-refractivity contribution in [2.45, 2.75) is 20.8 Å². The van der Waals surface area contributed by atoms with E-state index in [1.165, 1.54) is 0 Å². The second-order valence-corrected chi connectivity index (χ2v) is 4.91. The maximum Gasteiger partial charge on any atom is 0.269 e. The average molecular weight is 241 g/mol. The molecule has 0 aliphatic heterocycles. The minimum absolute atomic E-state index is 0.0962. The van der Waals surface area contributed by atoms with Crippen molar-refractivity contribution in [3.8, 4) is 0 Å². The van der Waals surface area contributed by atoms with Gasteiger partial charge in [-0.05, 0) is 24.5 Å². The summed E-state index contributed by atoms with van der Waals surface area (Å²) in [5.74, 6) is 0.357. The van der Waals surface area contributed by atoms with E-state index < -0.39 is 0 Å². The van der Waals surface area contributed by atoms with Crippen molar-refractivity contribution < 1.29 is 4.79 Å². The Morgan fingerprint density at radius 3 is 2.75 bits per heavy atom. The lowest BCUT2D eigenvalue weighted by molar-refractivity contribution is 0.0934. The fourth-order valence-corrected chi connectivity index (χ4v) is 1.22. The number of amides is 1. The van der Waals surface area contributed by atoms with E-state index in [1.54, 1.807) is 6.07 Å². The molecule has 0 fully saturated rings. The highest BCUT2D eigenvalue weighted by Crippen LogP contribution is 2.15. The number of rotatable bonds is 4. The van der Waals surface area contributed by atoms with Crippen LogP contribution in [0, 0.1) is 12.3 Å². The molecule has 0 atom stereocenters. The smallest absolute Gasteiger partial charge is 0.269 e. The van der Waals surface area contributed by atoms with Crippen LogP contribution < -0.4 is 5.32 Å². The van der Waals surface area contributed by atoms with Gasteiger partial charge in [0.2, 0.25) is 0 Å². The Balaban J connectivity index is 2.60. The van der Waals surface area contributed by atoms with Crippen molar-refractivity contribution in [3.05, 3.63) is 29.6 Å². The molecule has 0 radical (unpaired) electrons. The molecule has 0 aromatic carbocycles. The van der Waals surface area contributed by atoms with Gasteiger partial charge < -0.3 is 5.32 Å². The number of hydrogen-bond acceptors (Lipinski definition) is 2. The Morgan fingerprint density at radius 2 is 2.19 bits per heavy atom. The van der Waals surface area contributed by atoms with Gasteiger partial charge in [-0.1, -0.05) is 19.9 Å². The van der Waals surface area contributed by atoms with Gasteiger partial charge in [0.15, 0.2) is 0 Å². The maximum absolute atomic E-state index is 11.7. The number of halogens is 1. The van der Waals surface area contributed by atoms with E-state index in [-0.39, 0.29) is 11.3 Å². The largest absolute Gasteiger partial charge is 0.350 e. The van der Waals surface area contributed by atoms with E-state index >= 15 is 0 Å². The molecule has 88 valence electrons. The predicted octanol–water partition coefficient (Wildman–Crippen LogP) is 2.38. The Kier molecular flexibility index (Phi) is 4.30. The minimum atomic E-state index is -0.151. The number of nitrogens with zero attached hydrogens (tertiary/aromatic N) is 1. The molecule has 0 saturated heterocycles. The first-order valence-corrected chi connectivity index (χ1v) is 5.76. The first kappa shape index (κ1) is 13.0. The first-order valence-electron chi connectivity index (χ1n) is 5.22. The molecule has 3 nitrogen and oxygen atoms in total. The van der Waals surface area contributed by atoms with Crippen LogP contribution in [0.1, 0.15) is 30.0 Å². The first-order chi connectivity index (χ1) is 7.44. The summed E-state index contributed by atoms with van der Waals surface area (Å²) in [7, 11) is 0. The van der Waals surface area contributed by atoms with Crippen LogP contribution in [0.25, 0.3) is 0 Å². The van der Waals surface area contributed by atoms with Gasteiger partial charge in [-0.3, -0.25) is 4.79 Å². The van der Waals surface area contributed by atoms with Gasteiger partial charge in [0.1, 0.15) is 5.69 Å². The lowest BCUT2D eigenvalue weighted by atomic mass is 9.96. The van der Waals surface area contributed by atoms with Crippen LogP contribution in [0.2, 0.25) is 0 Å². The molecule has 1 rings (SSSR count). The fourth-order valence-electron chi connectivity index (χ4n) is 1.13. The monoisotopic (exact) mass is 240 g/mol. The molecule has 1 amide bonds. The van der Waals surface area contributed by atoms with Gasteiger partial charge in [-0.25, -0.2) is 4.98 Å². The molecule has 0 unspecified atom stereocenters. The van der Waals surface area contributed by atoms with Gasteiger partial charge in [-0.15, -0.1) is 11.6 Å². The lowest BCUT2D eigenvalue weighted by Gasteiger charge is -2.21. The summed E-state index contributed by atoms with van der Waals surface area (Å²) in [6.07, 6.45) is 0. The summed E-state index contributed by atoms with van der Waals surface area (Å²) in [6.45, 7) is 6.42. The zero-order valence-electron chi connectivity index (χ0n) is 9.88. The molecule has 1 aromatic rings. The van der Waals surface area contributed by atoms with Crippen molar-refractivity contribution in [1.82, 2.24) is 10.3 Å². The van der Waals surface area contributed by atoms with E-state index in [0.717, 1.165) is 5.69 Å². The number of alkyl halides is 1. The zero-order chi connectivity index (χ0) is 12.2. The molecular weight excluding hydrogens is 224 g/mol. The van der Waals surface area contributed by atoms with Crippen molar-refractivity contribution >= 4 is 17.5 Å². The highest BCUT2D eigenvalue weighted by Gasteiger charge is 2.18. The van der Waals surface area contributed by atoms with E-state index in [9.17, 15) is 4.79 Å². The van der Waals surface area contributed by atoms with Gasteiger partial charge in [0, 0.05) is 18.1 Å². The molecule has 0 spiro atoms. The van der Waals surface area contributed by atoms with Crippen molar-refractivity contribution in [1.29, 1.82) is 0 Å². The second-order valence-electron chi connectivity index (χ2n) is 4.64. The molecule has 0 saturated carbocycles. The third-order valence-electron chi connectivity index (χ3n) is 2.21. The number of aromatic nitrogens is 1. The topological polar surface area (TPSA) is 42.0 Å². The highest BCUT2D eigenvalue weighted by atomic mass is 35.5. The van der Waals surface area contributed by atoms with E-state index in [1.807, 2.05) is 32.9 Å². The van der Waals surface area contributed by atoms with E-state index in [2.05, 4.69) is 10.3 Å². The number of aryl methyl sites for hydroxylation is 1. The SMILES string of the molecule is Cc1cccc(C(=O)NCC(C)(C)CCl)n1. The van der Waals surface area contributed by atoms with Crippen molar-refractivity contribution in [2.75, 3.05) is 12.4 Å². The molecule has 16 heavy (non-hydrogen) atoms. The summed E-state index contributed by atoms with van der Waals surface area (Å²) in [5, 5.41) is 2.83. The third kappa shape index (κ3) is 3.81. The van der Waals surface area contributed by atoms with Crippen LogP contribution in [0.3, 0.4) is 0 Å². The lowest BCUT2D eigenvalue weighted by Crippen LogP contribution is -2.35. The molecule has 1 heterocycles. The molecular formula is C12H17ClN2O. The number of nitrogens with one attached hydrogen (secondary N) is 1. The minimum Gasteiger partial charge on any atom is -0.350 e. The van der Waals surface area contributed by atoms with Crippen LogP contribution in [0.4, 0.5) is 0 Å². The number of carbonyl (C=O) groups excluding carboxylic acids is 1. The summed E-state index contributed by atoms with van der Waals surface area (Å²) in [4.78, 5) is 15.9. The normalized spacial score (nSPS) is 11.2. The van der Waals surface area contributed by atoms with Gasteiger partial charge in [0.25, 0.3) is 5.91 Å². The number of pyridine rings is 1. The van der Waals surface area contributed by atoms with Gasteiger partial charge in [0.05, 0.1) is 0 Å². The second kappa shape index (κ2) is 5.30. The maximum atomic E-state index is 11.7. The van der Waals surface area contributed by atoms with Crippen LogP contribution >= 0.6 is 11.6 Å². The predicted molar refractivity (Wildman–Crippen MR) is 65.8 cm³/mol. The molecule has 0 aliphatic carbocycles. The number of hydrogen-bond donors (Lipinski definition) is 1. The van der Waals surface area contributed by atoms with E-state index in [0.29, 0.717) is 18.1 Å². The third-order valence-corrected chi connectivity index (χ3v) is 2.93. The number of carbonyl (C=O) groups is 1. The Morgan fingerprint density at radius 1 is 1.50 bits per heavy atom. The van der Waals surface area contributed by atoms with Crippen LogP contribution in [0.15, 0.2) is 18.2 Å². The van der Waals surface area contributed by atoms with Gasteiger partial charge >= 0.3 is 0 Å². The van der Waals surface area contributed by atoms with Crippen LogP contribution in [0.5, 0.6) is 0 Å². The van der Waals surface area contributed by atoms with Crippen molar-refractivity contribution in [3.63, 3.8) is 0 Å². The van der Waals surface area contributed by atoms with E-state index in [4.69, 9.17) is 11.6 Å². The standard InChI is InChI=1S/C12H17ClN2O/c1-9-5-4-6-10(15-9)11(16)14-8-12(2,3)7-13/h4-6H,7-8H2,1-3H3,(H,14,16). The van der Waals surface area contributed by atoms with Crippen molar-refractivity contribution in [2.24, 2.45) is 5.41 Å². The average Bonchev–Trinajstić information content (AvgIpc) is 2.26. The summed E-state index contributed by atoms with van der Waals surface area (Å²) >= 11 is 5.78. The Hall–Kier alpha value is -1.09. The fraction of sp³-hybridized carbons (Fsp3) is 0.500. The quantitative estimate of drug-likeness (QED) is 0.822. The molecule has 0 aliphatic rings. The summed E-state index contributed by atoms with van der Waals surface area (Å²) < 4.78 is 0. The Bertz CT molecular complexity index is 377.